The van der Waals surface area contributed by atoms with Crippen molar-refractivity contribution in [3.05, 3.63) is 88.4 Å². The number of carbonyl (C=O) groups is 1. The summed E-state index contributed by atoms with van der Waals surface area (Å²) >= 11 is 0. The fraction of sp³-hybridized carbons (Fsp3) is 0.250. The van der Waals surface area contributed by atoms with E-state index >= 15 is 0 Å². The zero-order valence-electron chi connectivity index (χ0n) is 20.2. The Bertz CT molecular complexity index is 1380. The van der Waals surface area contributed by atoms with Crippen LogP contribution in [0.4, 0.5) is 10.1 Å². The number of ether oxygens (including phenoxy) is 2. The maximum absolute atomic E-state index is 14.0. The van der Waals surface area contributed by atoms with Crippen molar-refractivity contribution in [1.29, 1.82) is 0 Å². The maximum Gasteiger partial charge on any atom is 0.191 e. The van der Waals surface area contributed by atoms with Crippen molar-refractivity contribution in [3.63, 3.8) is 0 Å². The predicted molar refractivity (Wildman–Crippen MR) is 135 cm³/mol. The first kappa shape index (κ1) is 24.3. The first-order chi connectivity index (χ1) is 16.8. The Morgan fingerprint density at radius 3 is 2.49 bits per heavy atom. The van der Waals surface area contributed by atoms with Crippen molar-refractivity contribution in [2.75, 3.05) is 25.6 Å². The number of rotatable bonds is 9. The highest BCUT2D eigenvalue weighted by Crippen LogP contribution is 2.33. The van der Waals surface area contributed by atoms with E-state index in [4.69, 9.17) is 14.6 Å². The van der Waals surface area contributed by atoms with Crippen LogP contribution >= 0.6 is 0 Å². The number of anilines is 1. The summed E-state index contributed by atoms with van der Waals surface area (Å²) in [4.78, 5) is 17.2. The van der Waals surface area contributed by atoms with Crippen LogP contribution in [0, 0.1) is 26.6 Å². The highest BCUT2D eigenvalue weighted by Gasteiger charge is 2.26. The van der Waals surface area contributed by atoms with Crippen molar-refractivity contribution in [2.24, 2.45) is 0 Å². The van der Waals surface area contributed by atoms with E-state index in [1.54, 1.807) is 37.4 Å². The van der Waals surface area contributed by atoms with E-state index in [2.05, 4.69) is 10.3 Å². The summed E-state index contributed by atoms with van der Waals surface area (Å²) < 4.78 is 24.9. The van der Waals surface area contributed by atoms with Crippen molar-refractivity contribution in [1.82, 2.24) is 4.98 Å². The van der Waals surface area contributed by atoms with Gasteiger partial charge in [0.05, 0.1) is 13.7 Å². The van der Waals surface area contributed by atoms with E-state index in [1.165, 1.54) is 19.2 Å². The van der Waals surface area contributed by atoms with Gasteiger partial charge in [-0.3, -0.25) is 4.79 Å². The zero-order chi connectivity index (χ0) is 25.1. The number of methoxy groups -OCH3 is 1. The normalized spacial score (nSPS) is 11.9. The van der Waals surface area contributed by atoms with Gasteiger partial charge in [0.1, 0.15) is 30.0 Å². The minimum absolute atomic E-state index is 0.125. The van der Waals surface area contributed by atoms with E-state index in [9.17, 15) is 9.18 Å². The lowest BCUT2D eigenvalue weighted by molar-refractivity contribution is 0.0971. The molecule has 6 nitrogen and oxygen atoms in total. The molecule has 0 aliphatic rings. The molecule has 0 radical (unpaired) electrons. The third kappa shape index (κ3) is 5.15. The molecule has 0 aliphatic heterocycles. The van der Waals surface area contributed by atoms with Crippen LogP contribution in [0.5, 0.6) is 11.5 Å². The first-order valence-corrected chi connectivity index (χ1v) is 11.4. The molecule has 0 saturated carbocycles. The topological polar surface area (TPSA) is 83.6 Å². The number of aliphatic hydroxyl groups excluding tert-OH is 1. The fourth-order valence-electron chi connectivity index (χ4n) is 4.18. The number of aryl methyl sites for hydroxylation is 3. The lowest BCUT2D eigenvalue weighted by Gasteiger charge is -2.22. The molecule has 1 unspecified atom stereocenters. The van der Waals surface area contributed by atoms with E-state index in [-0.39, 0.29) is 24.8 Å². The molecule has 1 atom stereocenters. The molecule has 0 saturated heterocycles. The Kier molecular flexibility index (Phi) is 7.07. The van der Waals surface area contributed by atoms with Gasteiger partial charge in [-0.2, -0.15) is 0 Å². The lowest BCUT2D eigenvalue weighted by Crippen LogP contribution is -2.22. The van der Waals surface area contributed by atoms with Crippen LogP contribution in [0.15, 0.2) is 54.7 Å². The monoisotopic (exact) mass is 476 g/mol. The van der Waals surface area contributed by atoms with Gasteiger partial charge in [-0.1, -0.05) is 6.07 Å². The molecule has 4 rings (SSSR count). The molecule has 1 aromatic heterocycles. The molecule has 3 N–H and O–H groups in total. The SMILES string of the molecule is COc1cc(NC(C(=O)c2c[nH]c3cc(C)c(C)cc23)c2ccc(F)cc2C)cc(OCCO)c1. The number of Topliss-reactive ketones (excluding diaryl/α,β-unsaturated/α-hetero) is 1. The average molecular weight is 477 g/mol. The summed E-state index contributed by atoms with van der Waals surface area (Å²) in [6.45, 7) is 5.82. The second-order valence-corrected chi connectivity index (χ2v) is 8.60. The third-order valence-electron chi connectivity index (χ3n) is 6.15. The van der Waals surface area contributed by atoms with E-state index in [0.29, 0.717) is 33.9 Å². The van der Waals surface area contributed by atoms with Crippen molar-refractivity contribution >= 4 is 22.4 Å². The first-order valence-electron chi connectivity index (χ1n) is 11.4. The summed E-state index contributed by atoms with van der Waals surface area (Å²) in [5.74, 6) is 0.496. The number of aromatic nitrogens is 1. The fourth-order valence-corrected chi connectivity index (χ4v) is 4.18. The van der Waals surface area contributed by atoms with Crippen LogP contribution in [0.25, 0.3) is 10.9 Å². The number of carbonyl (C=O) groups excluding carboxylic acids is 1. The van der Waals surface area contributed by atoms with Crippen molar-refractivity contribution < 1.29 is 23.8 Å². The number of aromatic amines is 1. The van der Waals surface area contributed by atoms with E-state index < -0.39 is 6.04 Å². The Morgan fingerprint density at radius 1 is 1.03 bits per heavy atom. The van der Waals surface area contributed by atoms with Crippen LogP contribution in [-0.2, 0) is 0 Å². The van der Waals surface area contributed by atoms with Crippen LogP contribution in [0.3, 0.4) is 0 Å². The molecular weight excluding hydrogens is 447 g/mol. The quantitative estimate of drug-likeness (QED) is 0.272. The zero-order valence-corrected chi connectivity index (χ0v) is 20.2. The summed E-state index contributed by atoms with van der Waals surface area (Å²) in [5.41, 5.74) is 5.56. The number of fused-ring (bicyclic) bond motifs is 1. The highest BCUT2D eigenvalue weighted by atomic mass is 19.1. The number of hydrogen-bond donors (Lipinski definition) is 3. The van der Waals surface area contributed by atoms with Crippen LogP contribution < -0.4 is 14.8 Å². The van der Waals surface area contributed by atoms with Crippen LogP contribution in [0.2, 0.25) is 0 Å². The molecule has 7 heteroatoms. The molecule has 182 valence electrons. The largest absolute Gasteiger partial charge is 0.497 e. The molecular formula is C28H29FN2O4. The summed E-state index contributed by atoms with van der Waals surface area (Å²) in [6, 6.07) is 12.8. The van der Waals surface area contributed by atoms with Crippen LogP contribution in [-0.4, -0.2) is 36.2 Å². The van der Waals surface area contributed by atoms with Crippen LogP contribution in [0.1, 0.15) is 38.7 Å². The number of halogens is 1. The molecule has 0 aliphatic carbocycles. The molecule has 0 fully saturated rings. The summed E-state index contributed by atoms with van der Waals surface area (Å²) in [7, 11) is 1.54. The van der Waals surface area contributed by atoms with Gasteiger partial charge < -0.3 is 24.9 Å². The molecule has 35 heavy (non-hydrogen) atoms. The average Bonchev–Trinajstić information content (AvgIpc) is 3.23. The van der Waals surface area contributed by atoms with Gasteiger partial charge in [-0.05, 0) is 67.3 Å². The second kappa shape index (κ2) is 10.2. The number of benzene rings is 3. The van der Waals surface area contributed by atoms with Gasteiger partial charge in [-0.15, -0.1) is 0 Å². The Labute approximate surface area is 203 Å². The number of ketones is 1. The van der Waals surface area contributed by atoms with Gasteiger partial charge >= 0.3 is 0 Å². The standard InChI is InChI=1S/C28H29FN2O4/c1-16-10-24-25(15-30-26(24)11-17(16)2)28(33)27(23-6-5-19(29)9-18(23)3)31-20-12-21(34-4)14-22(13-20)35-8-7-32/h5-6,9-15,27,30-32H,7-8H2,1-4H3. The number of hydrogen-bond acceptors (Lipinski definition) is 5. The molecule has 3 aromatic carbocycles. The Hall–Kier alpha value is -3.84. The van der Waals surface area contributed by atoms with Crippen molar-refractivity contribution in [3.8, 4) is 11.5 Å². The minimum Gasteiger partial charge on any atom is -0.497 e. The number of nitrogens with one attached hydrogen (secondary N) is 2. The number of aliphatic hydroxyl groups is 1. The maximum atomic E-state index is 14.0. The van der Waals surface area contributed by atoms with E-state index in [0.717, 1.165) is 22.0 Å². The molecule has 4 aromatic rings. The van der Waals surface area contributed by atoms with Crippen molar-refractivity contribution in [2.45, 2.75) is 26.8 Å². The second-order valence-electron chi connectivity index (χ2n) is 8.60. The predicted octanol–water partition coefficient (Wildman–Crippen LogP) is 5.65. The Morgan fingerprint density at radius 2 is 1.77 bits per heavy atom. The molecule has 0 bridgehead atoms. The van der Waals surface area contributed by atoms with Gasteiger partial charge in [-0.25, -0.2) is 4.39 Å². The molecule has 0 spiro atoms. The minimum atomic E-state index is -0.797. The summed E-state index contributed by atoms with van der Waals surface area (Å²) in [5, 5.41) is 13.3. The third-order valence-corrected chi connectivity index (χ3v) is 6.15. The van der Waals surface area contributed by atoms with Gasteiger partial charge in [0, 0.05) is 46.5 Å². The number of H-pyrrole nitrogens is 1. The smallest absolute Gasteiger partial charge is 0.191 e. The molecule has 0 amide bonds. The highest BCUT2D eigenvalue weighted by molar-refractivity contribution is 6.11. The van der Waals surface area contributed by atoms with E-state index in [1.807, 2.05) is 26.0 Å². The van der Waals surface area contributed by atoms with Gasteiger partial charge in [0.25, 0.3) is 0 Å². The summed E-state index contributed by atoms with van der Waals surface area (Å²) in [6.07, 6.45) is 1.72. The Balaban J connectivity index is 1.80. The van der Waals surface area contributed by atoms with Gasteiger partial charge in [0.2, 0.25) is 0 Å². The molecule has 1 heterocycles. The van der Waals surface area contributed by atoms with Gasteiger partial charge in [0.15, 0.2) is 5.78 Å². The lowest BCUT2D eigenvalue weighted by atomic mass is 9.93.